The first-order chi connectivity index (χ1) is 15.5. The number of hydrogen-bond acceptors (Lipinski definition) is 5. The van der Waals surface area contributed by atoms with Crippen molar-refractivity contribution in [1.82, 2.24) is 20.0 Å². The first-order valence-corrected chi connectivity index (χ1v) is 10.6. The molecule has 1 amide bonds. The van der Waals surface area contributed by atoms with Crippen molar-refractivity contribution in [1.29, 1.82) is 0 Å². The number of H-pyrrole nitrogens is 1. The zero-order valence-electron chi connectivity index (χ0n) is 18.3. The summed E-state index contributed by atoms with van der Waals surface area (Å²) in [4.78, 5) is 21.6. The summed E-state index contributed by atoms with van der Waals surface area (Å²) in [6.07, 6.45) is 3.75. The minimum Gasteiger partial charge on any atom is -0.368 e. The summed E-state index contributed by atoms with van der Waals surface area (Å²) < 4.78 is 5.59. The van der Waals surface area contributed by atoms with Crippen LogP contribution in [0, 0.1) is 13.8 Å². The third-order valence-electron chi connectivity index (χ3n) is 5.50. The molecule has 4 rings (SSSR count). The highest BCUT2D eigenvalue weighted by molar-refractivity contribution is 5.80. The molecule has 4 aromatic rings. The number of carbonyl (C=O) groups is 1. The van der Waals surface area contributed by atoms with E-state index in [0.29, 0.717) is 25.3 Å². The van der Waals surface area contributed by atoms with Crippen molar-refractivity contribution >= 4 is 5.91 Å². The molecule has 1 atom stereocenters. The standard InChI is InChI=1S/C25H27N5O2/c1-17-3-7-19(8-4-17)14-30(23(25(26)31)11-21-13-27-16-28-21)15-22-12-24(32-29-22)20-9-5-18(2)6-10-20/h3-10,12-13,16,23H,11,14-15H2,1-2H3,(H2,26,31)(H,27,28). The van der Waals surface area contributed by atoms with Crippen molar-refractivity contribution in [2.75, 3.05) is 0 Å². The van der Waals surface area contributed by atoms with Gasteiger partial charge < -0.3 is 15.2 Å². The summed E-state index contributed by atoms with van der Waals surface area (Å²) in [5.41, 5.74) is 11.8. The van der Waals surface area contributed by atoms with Gasteiger partial charge in [0, 0.05) is 43.0 Å². The topological polar surface area (TPSA) is 101 Å². The lowest BCUT2D eigenvalue weighted by Crippen LogP contribution is -2.45. The van der Waals surface area contributed by atoms with Crippen molar-refractivity contribution in [3.63, 3.8) is 0 Å². The lowest BCUT2D eigenvalue weighted by Gasteiger charge is -2.28. The Labute approximate surface area is 187 Å². The van der Waals surface area contributed by atoms with Crippen molar-refractivity contribution in [3.05, 3.63) is 95.2 Å². The van der Waals surface area contributed by atoms with Crippen LogP contribution >= 0.6 is 0 Å². The number of nitrogens with one attached hydrogen (secondary N) is 1. The second-order valence-corrected chi connectivity index (χ2v) is 8.14. The van der Waals surface area contributed by atoms with Crippen molar-refractivity contribution in [2.45, 2.75) is 39.4 Å². The van der Waals surface area contributed by atoms with Gasteiger partial charge in [0.25, 0.3) is 0 Å². The molecular weight excluding hydrogens is 402 g/mol. The fourth-order valence-corrected chi connectivity index (χ4v) is 3.67. The summed E-state index contributed by atoms with van der Waals surface area (Å²) in [7, 11) is 0. The van der Waals surface area contributed by atoms with E-state index in [4.69, 9.17) is 10.3 Å². The van der Waals surface area contributed by atoms with E-state index in [1.807, 2.05) is 49.1 Å². The maximum Gasteiger partial charge on any atom is 0.235 e. The van der Waals surface area contributed by atoms with Crippen LogP contribution in [0.1, 0.15) is 28.1 Å². The molecule has 0 saturated heterocycles. The van der Waals surface area contributed by atoms with Gasteiger partial charge in [-0.1, -0.05) is 64.8 Å². The van der Waals surface area contributed by atoms with Crippen LogP contribution in [0.15, 0.2) is 71.6 Å². The molecule has 0 fully saturated rings. The highest BCUT2D eigenvalue weighted by Crippen LogP contribution is 2.23. The van der Waals surface area contributed by atoms with Gasteiger partial charge in [0.2, 0.25) is 5.91 Å². The number of hydrogen-bond donors (Lipinski definition) is 2. The Morgan fingerprint density at radius 3 is 2.38 bits per heavy atom. The molecule has 0 aliphatic carbocycles. The molecule has 1 unspecified atom stereocenters. The van der Waals surface area contributed by atoms with E-state index < -0.39 is 11.9 Å². The number of imidazole rings is 1. The molecule has 0 aliphatic rings. The number of amides is 1. The minimum atomic E-state index is -0.531. The van der Waals surface area contributed by atoms with Crippen LogP contribution in [-0.2, 0) is 24.3 Å². The smallest absolute Gasteiger partial charge is 0.235 e. The Kier molecular flexibility index (Phi) is 6.47. The van der Waals surface area contributed by atoms with Crippen molar-refractivity contribution in [3.8, 4) is 11.3 Å². The molecule has 0 radical (unpaired) electrons. The third kappa shape index (κ3) is 5.31. The molecule has 7 heteroatoms. The summed E-state index contributed by atoms with van der Waals surface area (Å²) in [5, 5.41) is 4.26. The number of aromatic amines is 1. The number of carbonyl (C=O) groups excluding carboxylic acids is 1. The molecule has 7 nitrogen and oxygen atoms in total. The second kappa shape index (κ2) is 9.62. The maximum absolute atomic E-state index is 12.5. The maximum atomic E-state index is 12.5. The SMILES string of the molecule is Cc1ccc(CN(Cc2cc(-c3ccc(C)cc3)on2)C(Cc2cnc[nH]2)C(N)=O)cc1. The number of benzene rings is 2. The van der Waals surface area contributed by atoms with Crippen LogP contribution in [0.25, 0.3) is 11.3 Å². The zero-order chi connectivity index (χ0) is 22.5. The first-order valence-electron chi connectivity index (χ1n) is 10.6. The Morgan fingerprint density at radius 2 is 1.75 bits per heavy atom. The van der Waals surface area contributed by atoms with Gasteiger partial charge in [-0.3, -0.25) is 9.69 Å². The largest absolute Gasteiger partial charge is 0.368 e. The molecule has 3 N–H and O–H groups in total. The van der Waals surface area contributed by atoms with Crippen LogP contribution < -0.4 is 5.73 Å². The van der Waals surface area contributed by atoms with Gasteiger partial charge in [-0.2, -0.15) is 0 Å². The molecule has 2 aromatic heterocycles. The van der Waals surface area contributed by atoms with Crippen molar-refractivity contribution in [2.24, 2.45) is 5.73 Å². The molecule has 0 aliphatic heterocycles. The highest BCUT2D eigenvalue weighted by Gasteiger charge is 2.26. The summed E-state index contributed by atoms with van der Waals surface area (Å²) in [5.74, 6) is 0.299. The average molecular weight is 430 g/mol. The first kappa shape index (κ1) is 21.5. The van der Waals surface area contributed by atoms with E-state index in [1.165, 1.54) is 11.1 Å². The molecule has 164 valence electrons. The van der Waals surface area contributed by atoms with Crippen LogP contribution in [0.3, 0.4) is 0 Å². The zero-order valence-corrected chi connectivity index (χ0v) is 18.3. The number of nitrogens with zero attached hydrogens (tertiary/aromatic N) is 3. The van der Waals surface area contributed by atoms with E-state index in [9.17, 15) is 4.79 Å². The van der Waals surface area contributed by atoms with Gasteiger partial charge in [-0.05, 0) is 19.4 Å². The number of rotatable bonds is 9. The van der Waals surface area contributed by atoms with E-state index in [1.54, 1.807) is 12.5 Å². The monoisotopic (exact) mass is 429 g/mol. The minimum absolute atomic E-state index is 0.394. The van der Waals surface area contributed by atoms with E-state index in [0.717, 1.165) is 22.5 Å². The number of aryl methyl sites for hydroxylation is 2. The molecule has 2 heterocycles. The van der Waals surface area contributed by atoms with Gasteiger partial charge in [-0.25, -0.2) is 4.98 Å². The number of nitrogens with two attached hydrogens (primary N) is 1. The lowest BCUT2D eigenvalue weighted by atomic mass is 10.1. The fraction of sp³-hybridized carbons (Fsp3) is 0.240. The molecule has 0 bridgehead atoms. The van der Waals surface area contributed by atoms with E-state index in [2.05, 4.69) is 39.4 Å². The third-order valence-corrected chi connectivity index (χ3v) is 5.50. The van der Waals surface area contributed by atoms with Crippen LogP contribution in [0.2, 0.25) is 0 Å². The lowest BCUT2D eigenvalue weighted by molar-refractivity contribution is -0.123. The van der Waals surface area contributed by atoms with E-state index in [-0.39, 0.29) is 0 Å². The number of primary amides is 1. The van der Waals surface area contributed by atoms with Crippen LogP contribution in [0.5, 0.6) is 0 Å². The Morgan fingerprint density at radius 1 is 1.06 bits per heavy atom. The predicted octanol–water partition coefficient (Wildman–Crippen LogP) is 3.78. The predicted molar refractivity (Wildman–Crippen MR) is 122 cm³/mol. The molecule has 2 aromatic carbocycles. The van der Waals surface area contributed by atoms with Gasteiger partial charge in [-0.15, -0.1) is 0 Å². The Hall–Kier alpha value is -3.71. The molecule has 32 heavy (non-hydrogen) atoms. The summed E-state index contributed by atoms with van der Waals surface area (Å²) >= 11 is 0. The Bertz CT molecular complexity index is 1150. The summed E-state index contributed by atoms with van der Waals surface area (Å²) in [6.45, 7) is 5.07. The van der Waals surface area contributed by atoms with Crippen LogP contribution in [0.4, 0.5) is 0 Å². The summed E-state index contributed by atoms with van der Waals surface area (Å²) in [6, 6.07) is 17.7. The second-order valence-electron chi connectivity index (χ2n) is 8.14. The fourth-order valence-electron chi connectivity index (χ4n) is 3.67. The van der Waals surface area contributed by atoms with Gasteiger partial charge in [0.1, 0.15) is 0 Å². The van der Waals surface area contributed by atoms with Crippen LogP contribution in [-0.4, -0.2) is 32.0 Å². The number of aromatic nitrogens is 3. The van der Waals surface area contributed by atoms with Gasteiger partial charge in [0.05, 0.1) is 18.1 Å². The van der Waals surface area contributed by atoms with Gasteiger partial charge in [0.15, 0.2) is 5.76 Å². The molecule has 0 saturated carbocycles. The molecular formula is C25H27N5O2. The van der Waals surface area contributed by atoms with Gasteiger partial charge >= 0.3 is 0 Å². The normalized spacial score (nSPS) is 12.2. The highest BCUT2D eigenvalue weighted by atomic mass is 16.5. The average Bonchev–Trinajstić information content (AvgIpc) is 3.46. The Balaban J connectivity index is 1.60. The quantitative estimate of drug-likeness (QED) is 0.422. The molecule has 0 spiro atoms. The van der Waals surface area contributed by atoms with E-state index >= 15 is 0 Å². The van der Waals surface area contributed by atoms with Crippen molar-refractivity contribution < 1.29 is 9.32 Å².